The predicted molar refractivity (Wildman–Crippen MR) is 76.1 cm³/mol. The first-order valence-corrected chi connectivity index (χ1v) is 8.57. The van der Waals surface area contributed by atoms with Gasteiger partial charge in [-0.3, -0.25) is 4.79 Å². The Morgan fingerprint density at radius 3 is 2.35 bits per heavy atom. The van der Waals surface area contributed by atoms with Crippen molar-refractivity contribution >= 4 is 15.8 Å². The topological polar surface area (TPSA) is 54.5 Å². The van der Waals surface area contributed by atoms with Crippen LogP contribution in [-0.4, -0.2) is 31.1 Å². The highest BCUT2D eigenvalue weighted by Gasteiger charge is 2.43. The van der Waals surface area contributed by atoms with Crippen molar-refractivity contribution in [2.45, 2.75) is 43.5 Å². The first kappa shape index (κ1) is 13.8. The summed E-state index contributed by atoms with van der Waals surface area (Å²) < 4.78 is 27.1. The lowest BCUT2D eigenvalue weighted by Gasteiger charge is -2.24. The molecule has 0 amide bonds. The van der Waals surface area contributed by atoms with Gasteiger partial charge in [0.2, 0.25) is 10.0 Å². The van der Waals surface area contributed by atoms with Gasteiger partial charge in [-0.2, -0.15) is 4.31 Å². The van der Waals surface area contributed by atoms with E-state index in [0.29, 0.717) is 22.9 Å². The first-order chi connectivity index (χ1) is 9.50. The maximum absolute atomic E-state index is 12.7. The molecule has 108 valence electrons. The van der Waals surface area contributed by atoms with Crippen molar-refractivity contribution in [1.82, 2.24) is 4.31 Å². The van der Waals surface area contributed by atoms with Crippen molar-refractivity contribution in [3.63, 3.8) is 0 Å². The van der Waals surface area contributed by atoms with E-state index < -0.39 is 10.0 Å². The molecule has 20 heavy (non-hydrogen) atoms. The number of nitrogens with zero attached hydrogens (tertiary/aromatic N) is 1. The fourth-order valence-electron chi connectivity index (χ4n) is 3.01. The van der Waals surface area contributed by atoms with Gasteiger partial charge in [0.05, 0.1) is 4.90 Å². The van der Waals surface area contributed by atoms with E-state index in [9.17, 15) is 13.2 Å². The normalized spacial score (nSPS) is 23.9. The van der Waals surface area contributed by atoms with Crippen LogP contribution in [0.25, 0.3) is 0 Å². The number of hydrogen-bond donors (Lipinski definition) is 0. The molecular weight excluding hydrogens is 274 g/mol. The number of hydrogen-bond acceptors (Lipinski definition) is 3. The smallest absolute Gasteiger partial charge is 0.243 e. The zero-order valence-electron chi connectivity index (χ0n) is 11.6. The Morgan fingerprint density at radius 2 is 1.80 bits per heavy atom. The highest BCUT2D eigenvalue weighted by molar-refractivity contribution is 7.89. The first-order valence-electron chi connectivity index (χ1n) is 7.13. The molecule has 1 heterocycles. The van der Waals surface area contributed by atoms with Gasteiger partial charge in [-0.25, -0.2) is 8.42 Å². The zero-order valence-corrected chi connectivity index (χ0v) is 12.4. The summed E-state index contributed by atoms with van der Waals surface area (Å²) in [5.41, 5.74) is 0.545. The Balaban J connectivity index is 1.88. The Kier molecular flexibility index (Phi) is 3.42. The molecule has 0 bridgehead atoms. The molecule has 0 N–H and O–H groups in total. The van der Waals surface area contributed by atoms with Crippen LogP contribution >= 0.6 is 0 Å². The second-order valence-corrected chi connectivity index (χ2v) is 7.63. The van der Waals surface area contributed by atoms with Gasteiger partial charge in [-0.1, -0.05) is 12.1 Å². The van der Waals surface area contributed by atoms with Gasteiger partial charge in [-0.15, -0.1) is 0 Å². The van der Waals surface area contributed by atoms with E-state index in [1.165, 1.54) is 6.92 Å². The van der Waals surface area contributed by atoms with Crippen LogP contribution in [0.5, 0.6) is 0 Å². The average molecular weight is 293 g/mol. The summed E-state index contributed by atoms with van der Waals surface area (Å²) in [6.45, 7) is 2.10. The Hall–Kier alpha value is -1.20. The fraction of sp³-hybridized carbons (Fsp3) is 0.533. The summed E-state index contributed by atoms with van der Waals surface area (Å²) in [6.07, 6.45) is 4.24. The molecule has 5 heteroatoms. The van der Waals surface area contributed by atoms with Gasteiger partial charge >= 0.3 is 0 Å². The van der Waals surface area contributed by atoms with Crippen molar-refractivity contribution in [1.29, 1.82) is 0 Å². The van der Waals surface area contributed by atoms with Gasteiger partial charge in [0, 0.05) is 18.2 Å². The van der Waals surface area contributed by atoms with Crippen LogP contribution in [0, 0.1) is 5.92 Å². The number of rotatable bonds is 4. The molecule has 2 fully saturated rings. The summed E-state index contributed by atoms with van der Waals surface area (Å²) in [5, 5.41) is 0. The molecule has 1 saturated heterocycles. The SMILES string of the molecule is CC(=O)c1ccc(S(=O)(=O)N2CCCC2C2CC2)cc1. The highest BCUT2D eigenvalue weighted by Crippen LogP contribution is 2.42. The molecule has 3 rings (SSSR count). The van der Waals surface area contributed by atoms with Crippen LogP contribution in [0.2, 0.25) is 0 Å². The minimum atomic E-state index is -3.41. The molecule has 1 aliphatic carbocycles. The Bertz CT molecular complexity index is 617. The highest BCUT2D eigenvalue weighted by atomic mass is 32.2. The lowest BCUT2D eigenvalue weighted by Crippen LogP contribution is -2.36. The standard InChI is InChI=1S/C15H19NO3S/c1-11(17)12-6-8-14(9-7-12)20(18,19)16-10-2-3-15(16)13-4-5-13/h6-9,13,15H,2-5,10H2,1H3. The third-order valence-corrected chi connectivity index (χ3v) is 6.22. The summed E-state index contributed by atoms with van der Waals surface area (Å²) in [5.74, 6) is 0.509. The van der Waals surface area contributed by atoms with Crippen LogP contribution < -0.4 is 0 Å². The van der Waals surface area contributed by atoms with Crippen LogP contribution in [-0.2, 0) is 10.0 Å². The second-order valence-electron chi connectivity index (χ2n) is 5.74. The maximum Gasteiger partial charge on any atom is 0.243 e. The van der Waals surface area contributed by atoms with E-state index in [-0.39, 0.29) is 11.8 Å². The predicted octanol–water partition coefficient (Wildman–Crippen LogP) is 2.45. The number of carbonyl (C=O) groups is 1. The molecular formula is C15H19NO3S. The lowest BCUT2D eigenvalue weighted by molar-refractivity contribution is 0.101. The molecule has 1 atom stereocenters. The maximum atomic E-state index is 12.7. The van der Waals surface area contributed by atoms with Crippen LogP contribution in [0.1, 0.15) is 43.0 Å². The lowest BCUT2D eigenvalue weighted by atomic mass is 10.1. The van der Waals surface area contributed by atoms with Gasteiger partial charge in [-0.05, 0) is 50.7 Å². The summed E-state index contributed by atoms with van der Waals surface area (Å²) in [4.78, 5) is 11.6. The molecule has 1 saturated carbocycles. The summed E-state index contributed by atoms with van der Waals surface area (Å²) in [6, 6.07) is 6.48. The third-order valence-electron chi connectivity index (χ3n) is 4.28. The largest absolute Gasteiger partial charge is 0.295 e. The monoisotopic (exact) mass is 293 g/mol. The Labute approximate surface area is 119 Å². The molecule has 1 aliphatic heterocycles. The van der Waals surface area contributed by atoms with Crippen molar-refractivity contribution in [2.75, 3.05) is 6.54 Å². The number of carbonyl (C=O) groups excluding carboxylic acids is 1. The second kappa shape index (κ2) is 4.97. The molecule has 2 aliphatic rings. The molecule has 0 spiro atoms. The van der Waals surface area contributed by atoms with Crippen molar-refractivity contribution in [3.8, 4) is 0 Å². The minimum absolute atomic E-state index is 0.0500. The van der Waals surface area contributed by atoms with Gasteiger partial charge in [0.15, 0.2) is 5.78 Å². The van der Waals surface area contributed by atoms with Crippen molar-refractivity contribution < 1.29 is 13.2 Å². The van der Waals surface area contributed by atoms with E-state index in [1.807, 2.05) is 0 Å². The van der Waals surface area contributed by atoms with Crippen molar-refractivity contribution in [3.05, 3.63) is 29.8 Å². The molecule has 1 unspecified atom stereocenters. The van der Waals surface area contributed by atoms with Gasteiger partial charge in [0.1, 0.15) is 0 Å². The van der Waals surface area contributed by atoms with Gasteiger partial charge in [0.25, 0.3) is 0 Å². The van der Waals surface area contributed by atoms with Crippen LogP contribution in [0.4, 0.5) is 0 Å². The van der Waals surface area contributed by atoms with E-state index in [0.717, 1.165) is 25.7 Å². The number of ketones is 1. The van der Waals surface area contributed by atoms with E-state index >= 15 is 0 Å². The number of Topliss-reactive ketones (excluding diaryl/α,β-unsaturated/α-hetero) is 1. The summed E-state index contributed by atoms with van der Waals surface area (Å²) in [7, 11) is -3.41. The van der Waals surface area contributed by atoms with Crippen LogP contribution in [0.15, 0.2) is 29.2 Å². The fourth-order valence-corrected chi connectivity index (χ4v) is 4.77. The molecule has 0 aromatic heterocycles. The molecule has 1 aromatic rings. The van der Waals surface area contributed by atoms with Crippen molar-refractivity contribution in [2.24, 2.45) is 5.92 Å². The zero-order chi connectivity index (χ0) is 14.3. The average Bonchev–Trinajstić information content (AvgIpc) is 3.15. The van der Waals surface area contributed by atoms with Crippen LogP contribution in [0.3, 0.4) is 0 Å². The summed E-state index contributed by atoms with van der Waals surface area (Å²) >= 11 is 0. The number of sulfonamides is 1. The minimum Gasteiger partial charge on any atom is -0.295 e. The third kappa shape index (κ3) is 2.40. The molecule has 4 nitrogen and oxygen atoms in total. The van der Waals surface area contributed by atoms with E-state index in [1.54, 1.807) is 28.6 Å². The van der Waals surface area contributed by atoms with Gasteiger partial charge < -0.3 is 0 Å². The molecule has 0 radical (unpaired) electrons. The quantitative estimate of drug-likeness (QED) is 0.801. The molecule has 1 aromatic carbocycles. The van der Waals surface area contributed by atoms with E-state index in [2.05, 4.69) is 0 Å². The van der Waals surface area contributed by atoms with E-state index in [4.69, 9.17) is 0 Å². The Morgan fingerprint density at radius 1 is 1.15 bits per heavy atom. The number of benzene rings is 1.